The molecular formula is C21H22F2N4O5. The van der Waals surface area contributed by atoms with Crippen molar-refractivity contribution in [3.8, 4) is 5.75 Å². The lowest BCUT2D eigenvalue weighted by Gasteiger charge is -2.45. The van der Waals surface area contributed by atoms with Crippen molar-refractivity contribution >= 4 is 11.8 Å². The fourth-order valence-electron chi connectivity index (χ4n) is 4.03. The highest BCUT2D eigenvalue weighted by Gasteiger charge is 2.40. The topological polar surface area (TPSA) is 104 Å². The van der Waals surface area contributed by atoms with Gasteiger partial charge >= 0.3 is 0 Å². The Kier molecular flexibility index (Phi) is 5.83. The van der Waals surface area contributed by atoms with E-state index in [1.165, 1.54) is 16.9 Å². The quantitative estimate of drug-likeness (QED) is 0.721. The maximum absolute atomic E-state index is 13.9. The van der Waals surface area contributed by atoms with Crippen LogP contribution in [0.1, 0.15) is 39.8 Å². The van der Waals surface area contributed by atoms with Crippen LogP contribution >= 0.6 is 0 Å². The second-order valence-electron chi connectivity index (χ2n) is 7.47. The van der Waals surface area contributed by atoms with E-state index in [1.54, 1.807) is 16.8 Å². The van der Waals surface area contributed by atoms with Crippen LogP contribution in [0.3, 0.4) is 0 Å². The third-order valence-corrected chi connectivity index (χ3v) is 5.63. The average Bonchev–Trinajstić information content (AvgIpc) is 3.01. The van der Waals surface area contributed by atoms with Gasteiger partial charge in [-0.05, 0) is 13.0 Å². The van der Waals surface area contributed by atoms with Gasteiger partial charge in [-0.15, -0.1) is 0 Å². The number of hydrogen-bond donors (Lipinski definition) is 2. The number of carbonyl (C=O) groups excluding carboxylic acids is 2. The van der Waals surface area contributed by atoms with E-state index >= 15 is 0 Å². The maximum atomic E-state index is 13.9. The molecule has 3 heterocycles. The number of pyridine rings is 1. The Hall–Kier alpha value is -3.47. The molecule has 11 heteroatoms. The van der Waals surface area contributed by atoms with E-state index in [1.807, 2.05) is 0 Å². The summed E-state index contributed by atoms with van der Waals surface area (Å²) in [7, 11) is 0. The lowest BCUT2D eigenvalue weighted by atomic mass is 10.1. The van der Waals surface area contributed by atoms with Crippen molar-refractivity contribution in [1.82, 2.24) is 14.9 Å². The Morgan fingerprint density at radius 3 is 2.78 bits per heavy atom. The predicted molar refractivity (Wildman–Crippen MR) is 109 cm³/mol. The number of aromatic nitrogens is 1. The molecule has 0 spiro atoms. The Morgan fingerprint density at radius 2 is 2.06 bits per heavy atom. The number of benzene rings is 1. The standard InChI is InChI=1S/C21H22F2N4O5/c1-2-25-16-5-7-32-8-6-26(16)27-11-14(18(28)19(29)17(27)21(25)31)20(30)24-10-12-3-4-13(22)9-15(12)23/h3-4,9,11,16,29H,2,5-8,10H2,1H3,(H,24,30)/t16-/m0/s1. The van der Waals surface area contributed by atoms with Crippen LogP contribution in [-0.2, 0) is 11.3 Å². The monoisotopic (exact) mass is 448 g/mol. The highest BCUT2D eigenvalue weighted by Crippen LogP contribution is 2.27. The SMILES string of the molecule is CCN1C(=O)c2c(O)c(=O)c(C(=O)NCc3ccc(F)cc3F)cn2N2CCOCC[C@@H]12. The molecule has 1 atom stereocenters. The van der Waals surface area contributed by atoms with Crippen LogP contribution in [0, 0.1) is 11.6 Å². The number of fused-ring (bicyclic) bond motifs is 3. The smallest absolute Gasteiger partial charge is 0.278 e. The van der Waals surface area contributed by atoms with Crippen molar-refractivity contribution in [2.24, 2.45) is 0 Å². The molecule has 0 unspecified atom stereocenters. The lowest BCUT2D eigenvalue weighted by Crippen LogP contribution is -2.61. The van der Waals surface area contributed by atoms with Gasteiger partial charge in [0.1, 0.15) is 23.4 Å². The summed E-state index contributed by atoms with van der Waals surface area (Å²) in [4.78, 5) is 40.0. The Labute approximate surface area is 181 Å². The van der Waals surface area contributed by atoms with Crippen LogP contribution in [0.2, 0.25) is 0 Å². The highest BCUT2D eigenvalue weighted by atomic mass is 19.1. The van der Waals surface area contributed by atoms with Gasteiger partial charge in [0.25, 0.3) is 11.8 Å². The Balaban J connectivity index is 1.70. The first-order chi connectivity index (χ1) is 15.3. The molecule has 0 aliphatic carbocycles. The van der Waals surface area contributed by atoms with E-state index in [2.05, 4.69) is 5.32 Å². The molecule has 2 N–H and O–H groups in total. The zero-order chi connectivity index (χ0) is 23.0. The van der Waals surface area contributed by atoms with Crippen LogP contribution in [0.25, 0.3) is 0 Å². The molecule has 170 valence electrons. The number of ether oxygens (including phenoxy) is 1. The molecule has 2 aliphatic rings. The van der Waals surface area contributed by atoms with Crippen molar-refractivity contribution in [2.45, 2.75) is 26.1 Å². The Bertz CT molecular complexity index is 1140. The van der Waals surface area contributed by atoms with Gasteiger partial charge in [-0.25, -0.2) is 8.78 Å². The van der Waals surface area contributed by atoms with E-state index in [-0.39, 0.29) is 24.0 Å². The molecule has 4 rings (SSSR count). The van der Waals surface area contributed by atoms with Crippen LogP contribution < -0.4 is 15.8 Å². The summed E-state index contributed by atoms with van der Waals surface area (Å²) in [6.07, 6.45) is 1.35. The minimum Gasteiger partial charge on any atom is -0.502 e. The number of hydrogen-bond acceptors (Lipinski definition) is 6. The van der Waals surface area contributed by atoms with Crippen molar-refractivity contribution in [2.75, 3.05) is 31.3 Å². The molecule has 1 saturated heterocycles. The molecule has 0 bridgehead atoms. The van der Waals surface area contributed by atoms with Gasteiger partial charge in [0, 0.05) is 37.3 Å². The van der Waals surface area contributed by atoms with Gasteiger partial charge < -0.3 is 20.1 Å². The largest absolute Gasteiger partial charge is 0.502 e. The van der Waals surface area contributed by atoms with E-state index in [4.69, 9.17) is 4.74 Å². The number of aromatic hydroxyl groups is 1. The van der Waals surface area contributed by atoms with Crippen molar-refractivity contribution in [3.63, 3.8) is 0 Å². The molecule has 1 aromatic carbocycles. The normalized spacial score (nSPS) is 18.1. The van der Waals surface area contributed by atoms with Gasteiger partial charge in [-0.1, -0.05) is 6.07 Å². The van der Waals surface area contributed by atoms with Crippen LogP contribution in [0.15, 0.2) is 29.2 Å². The lowest BCUT2D eigenvalue weighted by molar-refractivity contribution is 0.0566. The zero-order valence-corrected chi connectivity index (χ0v) is 17.3. The predicted octanol–water partition coefficient (Wildman–Crippen LogP) is 0.922. The van der Waals surface area contributed by atoms with Crippen LogP contribution in [0.5, 0.6) is 5.75 Å². The van der Waals surface area contributed by atoms with E-state index in [9.17, 15) is 28.3 Å². The third-order valence-electron chi connectivity index (χ3n) is 5.63. The molecule has 2 amide bonds. The minimum atomic E-state index is -1.01. The van der Waals surface area contributed by atoms with Gasteiger partial charge in [-0.2, -0.15) is 0 Å². The summed E-state index contributed by atoms with van der Waals surface area (Å²) in [5.74, 6) is -3.81. The van der Waals surface area contributed by atoms with Gasteiger partial charge in [0.15, 0.2) is 11.4 Å². The molecule has 32 heavy (non-hydrogen) atoms. The van der Waals surface area contributed by atoms with E-state index in [0.29, 0.717) is 38.8 Å². The summed E-state index contributed by atoms with van der Waals surface area (Å²) in [5.41, 5.74) is -1.62. The van der Waals surface area contributed by atoms with Crippen LogP contribution in [-0.4, -0.2) is 59.0 Å². The summed E-state index contributed by atoms with van der Waals surface area (Å²) < 4.78 is 33.8. The molecule has 0 radical (unpaired) electrons. The molecule has 1 aromatic heterocycles. The molecule has 0 saturated carbocycles. The number of nitrogens with zero attached hydrogens (tertiary/aromatic N) is 3. The second kappa shape index (κ2) is 8.58. The molecule has 2 aliphatic heterocycles. The van der Waals surface area contributed by atoms with Gasteiger partial charge in [0.05, 0.1) is 19.8 Å². The number of halogens is 2. The molecule has 2 aromatic rings. The Morgan fingerprint density at radius 1 is 1.28 bits per heavy atom. The summed E-state index contributed by atoms with van der Waals surface area (Å²) in [6.45, 7) is 3.02. The number of rotatable bonds is 4. The van der Waals surface area contributed by atoms with Gasteiger partial charge in [-0.3, -0.25) is 24.1 Å². The molecular weight excluding hydrogens is 426 g/mol. The summed E-state index contributed by atoms with van der Waals surface area (Å²) in [6, 6.07) is 2.92. The van der Waals surface area contributed by atoms with Crippen molar-refractivity contribution < 1.29 is 28.2 Å². The first kappa shape index (κ1) is 21.8. The van der Waals surface area contributed by atoms with Gasteiger partial charge in [0.2, 0.25) is 5.43 Å². The molecule has 9 nitrogen and oxygen atoms in total. The maximum Gasteiger partial charge on any atom is 0.278 e. The number of nitrogens with one attached hydrogen (secondary N) is 1. The summed E-state index contributed by atoms with van der Waals surface area (Å²) in [5, 5.41) is 14.7. The highest BCUT2D eigenvalue weighted by molar-refractivity contribution is 5.99. The van der Waals surface area contributed by atoms with Crippen LogP contribution in [0.4, 0.5) is 8.78 Å². The average molecular weight is 448 g/mol. The van der Waals surface area contributed by atoms with Crippen molar-refractivity contribution in [3.05, 3.63) is 63.1 Å². The van der Waals surface area contributed by atoms with E-state index < -0.39 is 40.2 Å². The zero-order valence-electron chi connectivity index (χ0n) is 17.3. The number of amides is 2. The fraction of sp³-hybridized carbons (Fsp3) is 0.381. The van der Waals surface area contributed by atoms with Crippen molar-refractivity contribution in [1.29, 1.82) is 0 Å². The molecule has 1 fully saturated rings. The second-order valence-corrected chi connectivity index (χ2v) is 7.47. The first-order valence-corrected chi connectivity index (χ1v) is 10.2. The first-order valence-electron chi connectivity index (χ1n) is 10.2. The fourth-order valence-corrected chi connectivity index (χ4v) is 4.03. The summed E-state index contributed by atoms with van der Waals surface area (Å²) >= 11 is 0. The van der Waals surface area contributed by atoms with E-state index in [0.717, 1.165) is 6.07 Å². The third kappa shape index (κ3) is 3.68. The minimum absolute atomic E-state index is 0.0283. The number of carbonyl (C=O) groups is 2.